The minimum atomic E-state index is -1.88. The summed E-state index contributed by atoms with van der Waals surface area (Å²) < 4.78 is 16.3. The van der Waals surface area contributed by atoms with Crippen molar-refractivity contribution in [3.05, 3.63) is 0 Å². The second kappa shape index (κ2) is 11.2. The van der Waals surface area contributed by atoms with E-state index in [1.807, 2.05) is 0 Å². The van der Waals surface area contributed by atoms with Gasteiger partial charge in [0.2, 0.25) is 0 Å². The Hall–Kier alpha value is 0.0569. The summed E-state index contributed by atoms with van der Waals surface area (Å²) in [5.74, 6) is 0. The molecule has 17 heavy (non-hydrogen) atoms. The number of hydrogen-bond donors (Lipinski definition) is 1. The molecule has 0 aromatic rings. The Balaban J connectivity index is 3.61. The molecule has 0 aromatic carbocycles. The summed E-state index contributed by atoms with van der Waals surface area (Å²) in [5.41, 5.74) is 0. The van der Waals surface area contributed by atoms with Gasteiger partial charge in [-0.15, -0.1) is 0 Å². The van der Waals surface area contributed by atoms with Crippen molar-refractivity contribution in [2.45, 2.75) is 38.3 Å². The molecule has 0 spiro atoms. The van der Waals surface area contributed by atoms with Crippen LogP contribution in [0.15, 0.2) is 0 Å². The van der Waals surface area contributed by atoms with Gasteiger partial charge in [0, 0.05) is 27.9 Å². The SMILES string of the molecule is CCC[Si](CCCNCCCOC)(OC)OC. The first kappa shape index (κ1) is 17.1. The summed E-state index contributed by atoms with van der Waals surface area (Å²) in [6.07, 6.45) is 3.33. The first-order valence-corrected chi connectivity index (χ1v) is 8.77. The highest BCUT2D eigenvalue weighted by Gasteiger charge is 2.33. The molecule has 0 radical (unpaired) electrons. The van der Waals surface area contributed by atoms with Crippen molar-refractivity contribution in [3.63, 3.8) is 0 Å². The third-order valence-corrected chi connectivity index (χ3v) is 6.85. The van der Waals surface area contributed by atoms with Crippen LogP contribution in [0.1, 0.15) is 26.2 Å². The summed E-state index contributed by atoms with van der Waals surface area (Å²) >= 11 is 0. The van der Waals surface area contributed by atoms with E-state index in [4.69, 9.17) is 13.6 Å². The summed E-state index contributed by atoms with van der Waals surface area (Å²) in [4.78, 5) is 0. The molecule has 0 aliphatic heterocycles. The molecular weight excluding hydrogens is 234 g/mol. The number of ether oxygens (including phenoxy) is 1. The van der Waals surface area contributed by atoms with Gasteiger partial charge >= 0.3 is 8.56 Å². The maximum absolute atomic E-state index is 5.64. The minimum absolute atomic E-state index is 0.831. The van der Waals surface area contributed by atoms with Crippen LogP contribution in [0.5, 0.6) is 0 Å². The van der Waals surface area contributed by atoms with Crippen molar-refractivity contribution in [3.8, 4) is 0 Å². The van der Waals surface area contributed by atoms with Crippen LogP contribution in [0.2, 0.25) is 12.1 Å². The monoisotopic (exact) mass is 263 g/mol. The average Bonchev–Trinajstić information content (AvgIpc) is 2.36. The highest BCUT2D eigenvalue weighted by molar-refractivity contribution is 6.67. The van der Waals surface area contributed by atoms with Crippen molar-refractivity contribution in [1.29, 1.82) is 0 Å². The van der Waals surface area contributed by atoms with Gasteiger partial charge in [0.1, 0.15) is 0 Å². The van der Waals surface area contributed by atoms with Gasteiger partial charge in [-0.25, -0.2) is 0 Å². The lowest BCUT2D eigenvalue weighted by Crippen LogP contribution is -2.40. The van der Waals surface area contributed by atoms with Gasteiger partial charge in [-0.3, -0.25) is 0 Å². The van der Waals surface area contributed by atoms with E-state index in [0.29, 0.717) is 0 Å². The molecule has 0 amide bonds. The molecule has 4 nitrogen and oxygen atoms in total. The maximum atomic E-state index is 5.64. The average molecular weight is 263 g/mol. The maximum Gasteiger partial charge on any atom is 0.337 e. The molecule has 0 fully saturated rings. The zero-order valence-electron chi connectivity index (χ0n) is 11.9. The number of methoxy groups -OCH3 is 1. The molecule has 0 aromatic heterocycles. The molecule has 1 N–H and O–H groups in total. The lowest BCUT2D eigenvalue weighted by Gasteiger charge is -2.27. The Bertz CT molecular complexity index is 166. The molecule has 0 bridgehead atoms. The molecule has 0 aliphatic rings. The molecule has 0 atom stereocenters. The molecular formula is C12H29NO3Si. The van der Waals surface area contributed by atoms with E-state index in [-0.39, 0.29) is 0 Å². The summed E-state index contributed by atoms with van der Waals surface area (Å²) in [7, 11) is 3.43. The minimum Gasteiger partial charge on any atom is -0.398 e. The van der Waals surface area contributed by atoms with E-state index < -0.39 is 8.56 Å². The third kappa shape index (κ3) is 7.89. The lowest BCUT2D eigenvalue weighted by atomic mass is 10.4. The Morgan fingerprint density at radius 1 is 0.941 bits per heavy atom. The normalized spacial score (nSPS) is 12.0. The zero-order valence-corrected chi connectivity index (χ0v) is 12.9. The van der Waals surface area contributed by atoms with Crippen LogP contribution in [-0.2, 0) is 13.6 Å². The second-order valence-electron chi connectivity index (χ2n) is 4.27. The van der Waals surface area contributed by atoms with Crippen molar-refractivity contribution in [1.82, 2.24) is 5.32 Å². The van der Waals surface area contributed by atoms with Crippen molar-refractivity contribution in [2.75, 3.05) is 41.0 Å². The highest BCUT2D eigenvalue weighted by Crippen LogP contribution is 2.20. The van der Waals surface area contributed by atoms with Gasteiger partial charge in [0.15, 0.2) is 0 Å². The Morgan fingerprint density at radius 3 is 2.12 bits per heavy atom. The van der Waals surface area contributed by atoms with E-state index in [9.17, 15) is 0 Å². The van der Waals surface area contributed by atoms with Crippen LogP contribution >= 0.6 is 0 Å². The molecule has 0 saturated carbocycles. The quantitative estimate of drug-likeness (QED) is 0.433. The van der Waals surface area contributed by atoms with Crippen molar-refractivity contribution >= 4 is 8.56 Å². The van der Waals surface area contributed by atoms with Gasteiger partial charge in [0.25, 0.3) is 0 Å². The molecule has 104 valence electrons. The first-order chi connectivity index (χ1) is 8.24. The first-order valence-electron chi connectivity index (χ1n) is 6.54. The fourth-order valence-electron chi connectivity index (χ4n) is 1.95. The molecule has 5 heteroatoms. The fraction of sp³-hybridized carbons (Fsp3) is 1.00. The number of rotatable bonds is 12. The van der Waals surface area contributed by atoms with E-state index in [1.165, 1.54) is 0 Å². The molecule has 0 aliphatic carbocycles. The molecule has 0 rings (SSSR count). The predicted octanol–water partition coefficient (Wildman–Crippen LogP) is 2.15. The molecule has 0 unspecified atom stereocenters. The van der Waals surface area contributed by atoms with Crippen molar-refractivity contribution in [2.24, 2.45) is 0 Å². The Kier molecular flexibility index (Phi) is 11.2. The predicted molar refractivity (Wildman–Crippen MR) is 73.7 cm³/mol. The van der Waals surface area contributed by atoms with Gasteiger partial charge in [-0.2, -0.15) is 0 Å². The second-order valence-corrected chi connectivity index (χ2v) is 7.91. The number of nitrogens with one attached hydrogen (secondary N) is 1. The summed E-state index contributed by atoms with van der Waals surface area (Å²) in [5, 5.41) is 3.41. The molecule has 0 saturated heterocycles. The largest absolute Gasteiger partial charge is 0.398 e. The van der Waals surface area contributed by atoms with Crippen molar-refractivity contribution < 1.29 is 13.6 Å². The highest BCUT2D eigenvalue weighted by atomic mass is 28.4. The zero-order chi connectivity index (χ0) is 13.0. The van der Waals surface area contributed by atoms with Crippen LogP contribution in [0, 0.1) is 0 Å². The van der Waals surface area contributed by atoms with Gasteiger partial charge in [0.05, 0.1) is 0 Å². The summed E-state index contributed by atoms with van der Waals surface area (Å²) in [6, 6.07) is 2.16. The van der Waals surface area contributed by atoms with E-state index >= 15 is 0 Å². The van der Waals surface area contributed by atoms with E-state index in [1.54, 1.807) is 21.3 Å². The lowest BCUT2D eigenvalue weighted by molar-refractivity contribution is 0.194. The van der Waals surface area contributed by atoms with Crippen LogP contribution in [0.3, 0.4) is 0 Å². The fourth-order valence-corrected chi connectivity index (χ4v) is 4.66. The van der Waals surface area contributed by atoms with Crippen LogP contribution in [0.25, 0.3) is 0 Å². The molecule has 0 heterocycles. The van der Waals surface area contributed by atoms with Crippen LogP contribution in [0.4, 0.5) is 0 Å². The number of hydrogen-bond acceptors (Lipinski definition) is 4. The van der Waals surface area contributed by atoms with Gasteiger partial charge in [-0.1, -0.05) is 13.3 Å². The third-order valence-electron chi connectivity index (χ3n) is 2.99. The van der Waals surface area contributed by atoms with E-state index in [0.717, 1.165) is 51.0 Å². The van der Waals surface area contributed by atoms with Crippen LogP contribution in [-0.4, -0.2) is 49.6 Å². The Labute approximate surface area is 107 Å². The van der Waals surface area contributed by atoms with Gasteiger partial charge < -0.3 is 18.9 Å². The topological polar surface area (TPSA) is 39.7 Å². The van der Waals surface area contributed by atoms with Gasteiger partial charge in [-0.05, 0) is 38.0 Å². The standard InChI is InChI=1S/C12H29NO3Si/c1-5-11-17(15-3,16-4)12-7-9-13-8-6-10-14-2/h13H,5-12H2,1-4H3. The van der Waals surface area contributed by atoms with E-state index in [2.05, 4.69) is 12.2 Å². The Morgan fingerprint density at radius 2 is 1.59 bits per heavy atom. The smallest absolute Gasteiger partial charge is 0.337 e. The summed E-state index contributed by atoms with van der Waals surface area (Å²) in [6.45, 7) is 5.07. The van der Waals surface area contributed by atoms with Crippen LogP contribution < -0.4 is 5.32 Å².